The average Bonchev–Trinajstić information content (AvgIpc) is 2.95. The Bertz CT molecular complexity index is 358. The number of aryl methyl sites for hydroxylation is 1. The summed E-state index contributed by atoms with van der Waals surface area (Å²) in [6.07, 6.45) is 5.35. The molecule has 0 spiro atoms. The summed E-state index contributed by atoms with van der Waals surface area (Å²) >= 11 is 0. The molecule has 2 N–H and O–H groups in total. The van der Waals surface area contributed by atoms with Crippen molar-refractivity contribution in [3.63, 3.8) is 0 Å². The third-order valence-electron chi connectivity index (χ3n) is 4.56. The summed E-state index contributed by atoms with van der Waals surface area (Å²) in [5.41, 5.74) is 9.12. The first-order valence-corrected chi connectivity index (χ1v) is 6.62. The van der Waals surface area contributed by atoms with Crippen LogP contribution in [0.1, 0.15) is 43.4 Å². The van der Waals surface area contributed by atoms with Crippen LogP contribution in [0, 0.1) is 17.8 Å². The summed E-state index contributed by atoms with van der Waals surface area (Å²) in [7, 11) is 0. The van der Waals surface area contributed by atoms with Gasteiger partial charge in [0, 0.05) is 6.04 Å². The Hall–Kier alpha value is -0.820. The van der Waals surface area contributed by atoms with E-state index >= 15 is 0 Å². The molecule has 2 fully saturated rings. The molecule has 0 radical (unpaired) electrons. The summed E-state index contributed by atoms with van der Waals surface area (Å²) in [6.45, 7) is 2.19. The molecule has 0 aliphatic heterocycles. The second-order valence-electron chi connectivity index (χ2n) is 5.61. The smallest absolute Gasteiger partial charge is 0.0323 e. The van der Waals surface area contributed by atoms with Gasteiger partial charge >= 0.3 is 0 Å². The SMILES string of the molecule is CCc1ccc(C(N)C2CC3CC3C2)cc1. The average molecular weight is 215 g/mol. The lowest BCUT2D eigenvalue weighted by Gasteiger charge is -2.21. The zero-order valence-electron chi connectivity index (χ0n) is 10.0. The molecule has 0 amide bonds. The minimum Gasteiger partial charge on any atom is -0.324 e. The van der Waals surface area contributed by atoms with Crippen LogP contribution in [0.2, 0.25) is 0 Å². The van der Waals surface area contributed by atoms with Gasteiger partial charge in [-0.05, 0) is 54.6 Å². The van der Waals surface area contributed by atoms with E-state index < -0.39 is 0 Å². The lowest BCUT2D eigenvalue weighted by molar-refractivity contribution is 0.404. The minimum absolute atomic E-state index is 0.277. The largest absolute Gasteiger partial charge is 0.324 e. The Morgan fingerprint density at radius 3 is 2.31 bits per heavy atom. The van der Waals surface area contributed by atoms with E-state index in [-0.39, 0.29) is 6.04 Å². The molecular formula is C15H21N. The first kappa shape index (κ1) is 10.3. The van der Waals surface area contributed by atoms with Crippen molar-refractivity contribution in [1.82, 2.24) is 0 Å². The highest BCUT2D eigenvalue weighted by Crippen LogP contribution is 2.56. The van der Waals surface area contributed by atoms with E-state index in [0.29, 0.717) is 0 Å². The van der Waals surface area contributed by atoms with Crippen molar-refractivity contribution < 1.29 is 0 Å². The summed E-state index contributed by atoms with van der Waals surface area (Å²) in [5, 5.41) is 0. The summed E-state index contributed by atoms with van der Waals surface area (Å²) in [6, 6.07) is 9.19. The third kappa shape index (κ3) is 1.78. The van der Waals surface area contributed by atoms with Crippen LogP contribution in [-0.4, -0.2) is 0 Å². The van der Waals surface area contributed by atoms with Gasteiger partial charge in [-0.1, -0.05) is 31.2 Å². The lowest BCUT2D eigenvalue weighted by Crippen LogP contribution is -2.20. The lowest BCUT2D eigenvalue weighted by atomic mass is 9.89. The van der Waals surface area contributed by atoms with Crippen LogP contribution in [0.3, 0.4) is 0 Å². The van der Waals surface area contributed by atoms with Crippen LogP contribution < -0.4 is 5.73 Å². The molecule has 1 heteroatoms. The summed E-state index contributed by atoms with van der Waals surface area (Å²) < 4.78 is 0. The van der Waals surface area contributed by atoms with Gasteiger partial charge in [-0.25, -0.2) is 0 Å². The fraction of sp³-hybridized carbons (Fsp3) is 0.600. The fourth-order valence-corrected chi connectivity index (χ4v) is 3.30. The monoisotopic (exact) mass is 215 g/mol. The van der Waals surface area contributed by atoms with E-state index in [2.05, 4.69) is 31.2 Å². The zero-order chi connectivity index (χ0) is 11.1. The van der Waals surface area contributed by atoms with Gasteiger partial charge in [-0.3, -0.25) is 0 Å². The predicted octanol–water partition coefficient (Wildman–Crippen LogP) is 3.29. The molecule has 1 aromatic rings. The van der Waals surface area contributed by atoms with Gasteiger partial charge in [-0.2, -0.15) is 0 Å². The van der Waals surface area contributed by atoms with Crippen molar-refractivity contribution in [1.29, 1.82) is 0 Å². The number of nitrogens with two attached hydrogens (primary N) is 1. The van der Waals surface area contributed by atoms with Crippen LogP contribution in [0.25, 0.3) is 0 Å². The maximum absolute atomic E-state index is 6.37. The van der Waals surface area contributed by atoms with Gasteiger partial charge in [0.05, 0.1) is 0 Å². The van der Waals surface area contributed by atoms with Crippen molar-refractivity contribution >= 4 is 0 Å². The molecule has 3 unspecified atom stereocenters. The molecule has 3 rings (SSSR count). The zero-order valence-corrected chi connectivity index (χ0v) is 10.0. The second-order valence-corrected chi connectivity index (χ2v) is 5.61. The summed E-state index contributed by atoms with van der Waals surface area (Å²) in [4.78, 5) is 0. The Balaban J connectivity index is 1.70. The van der Waals surface area contributed by atoms with E-state index in [9.17, 15) is 0 Å². The molecule has 3 atom stereocenters. The van der Waals surface area contributed by atoms with E-state index in [1.807, 2.05) is 0 Å². The van der Waals surface area contributed by atoms with Gasteiger partial charge in [-0.15, -0.1) is 0 Å². The van der Waals surface area contributed by atoms with Gasteiger partial charge < -0.3 is 5.73 Å². The highest BCUT2D eigenvalue weighted by Gasteiger charge is 2.47. The standard InChI is InChI=1S/C15H21N/c1-2-10-3-5-11(6-4-10)15(16)14-8-12-7-13(12)9-14/h3-6,12-15H,2,7-9,16H2,1H3. The molecule has 0 bridgehead atoms. The highest BCUT2D eigenvalue weighted by atomic mass is 14.7. The molecule has 2 aliphatic carbocycles. The van der Waals surface area contributed by atoms with Gasteiger partial charge in [0.2, 0.25) is 0 Å². The van der Waals surface area contributed by atoms with Crippen LogP contribution in [0.5, 0.6) is 0 Å². The molecule has 2 saturated carbocycles. The normalized spacial score (nSPS) is 33.5. The number of hydrogen-bond acceptors (Lipinski definition) is 1. The molecule has 86 valence electrons. The van der Waals surface area contributed by atoms with Crippen LogP contribution in [-0.2, 0) is 6.42 Å². The maximum Gasteiger partial charge on any atom is 0.0323 e. The number of fused-ring (bicyclic) bond motifs is 1. The molecule has 0 heterocycles. The van der Waals surface area contributed by atoms with Crippen LogP contribution in [0.4, 0.5) is 0 Å². The fourth-order valence-electron chi connectivity index (χ4n) is 3.30. The van der Waals surface area contributed by atoms with Gasteiger partial charge in [0.1, 0.15) is 0 Å². The van der Waals surface area contributed by atoms with Gasteiger partial charge in [0.15, 0.2) is 0 Å². The molecular weight excluding hydrogens is 194 g/mol. The molecule has 16 heavy (non-hydrogen) atoms. The molecule has 1 aromatic carbocycles. The predicted molar refractivity (Wildman–Crippen MR) is 67.1 cm³/mol. The van der Waals surface area contributed by atoms with Crippen molar-refractivity contribution in [2.24, 2.45) is 23.5 Å². The molecule has 2 aliphatic rings. The van der Waals surface area contributed by atoms with Crippen molar-refractivity contribution in [2.75, 3.05) is 0 Å². The molecule has 0 aromatic heterocycles. The van der Waals surface area contributed by atoms with Crippen molar-refractivity contribution in [3.8, 4) is 0 Å². The third-order valence-corrected chi connectivity index (χ3v) is 4.56. The van der Waals surface area contributed by atoms with Gasteiger partial charge in [0.25, 0.3) is 0 Å². The Morgan fingerprint density at radius 2 is 1.75 bits per heavy atom. The highest BCUT2D eigenvalue weighted by molar-refractivity contribution is 5.25. The van der Waals surface area contributed by atoms with Crippen LogP contribution in [0.15, 0.2) is 24.3 Å². The summed E-state index contributed by atoms with van der Waals surface area (Å²) in [5.74, 6) is 2.81. The first-order chi connectivity index (χ1) is 7.78. The Kier molecular flexibility index (Phi) is 2.51. The molecule has 1 nitrogen and oxygen atoms in total. The van der Waals surface area contributed by atoms with E-state index in [1.54, 1.807) is 0 Å². The van der Waals surface area contributed by atoms with Crippen molar-refractivity contribution in [2.45, 2.75) is 38.6 Å². The first-order valence-electron chi connectivity index (χ1n) is 6.62. The Labute approximate surface area is 98.0 Å². The van der Waals surface area contributed by atoms with E-state index in [4.69, 9.17) is 5.73 Å². The molecule has 0 saturated heterocycles. The van der Waals surface area contributed by atoms with Crippen LogP contribution >= 0.6 is 0 Å². The minimum atomic E-state index is 0.277. The number of hydrogen-bond donors (Lipinski definition) is 1. The van der Waals surface area contributed by atoms with E-state index in [1.165, 1.54) is 30.4 Å². The maximum atomic E-state index is 6.37. The number of rotatable bonds is 3. The Morgan fingerprint density at radius 1 is 1.12 bits per heavy atom. The van der Waals surface area contributed by atoms with Crippen molar-refractivity contribution in [3.05, 3.63) is 35.4 Å². The quantitative estimate of drug-likeness (QED) is 0.822. The second kappa shape index (κ2) is 3.89. The van der Waals surface area contributed by atoms with E-state index in [0.717, 1.165) is 24.2 Å². The topological polar surface area (TPSA) is 26.0 Å². The number of benzene rings is 1.